The minimum Gasteiger partial charge on any atom is -0.366 e. The van der Waals surface area contributed by atoms with Crippen molar-refractivity contribution in [3.63, 3.8) is 0 Å². The first kappa shape index (κ1) is 19.5. The van der Waals surface area contributed by atoms with Gasteiger partial charge in [-0.1, -0.05) is 12.5 Å². The van der Waals surface area contributed by atoms with Crippen LogP contribution in [0.1, 0.15) is 40.0 Å². The molecule has 2 heterocycles. The van der Waals surface area contributed by atoms with Gasteiger partial charge in [-0.25, -0.2) is 12.8 Å². The number of halogens is 1. The Balaban J connectivity index is 1.91. The molecule has 1 aliphatic heterocycles. The maximum absolute atomic E-state index is 13.3. The molecule has 2 aromatic rings. The number of thiophene rings is 1. The Morgan fingerprint density at radius 2 is 1.85 bits per heavy atom. The highest BCUT2D eigenvalue weighted by Gasteiger charge is 2.30. The van der Waals surface area contributed by atoms with E-state index in [-0.39, 0.29) is 20.3 Å². The van der Waals surface area contributed by atoms with Gasteiger partial charge in [0.05, 0.1) is 5.56 Å². The number of primary amides is 1. The molecule has 1 aromatic heterocycles. The summed E-state index contributed by atoms with van der Waals surface area (Å²) in [4.78, 5) is 24.0. The Bertz CT molecular complexity index is 982. The van der Waals surface area contributed by atoms with Crippen LogP contribution in [0.15, 0.2) is 34.5 Å². The fourth-order valence-corrected chi connectivity index (χ4v) is 5.85. The molecular weight excluding hydrogens is 393 g/mol. The molecule has 2 amide bonds. The standard InChI is InChI=1S/C17H18FN3O4S2/c18-12-6-4-5-11(9-12)16(23)20-17-13(15(19)22)10-14(26-17)27(24,25)21-7-2-1-3-8-21/h4-6,9-10H,1-3,7-8H2,(H2,19,22)(H,20,23). The average Bonchev–Trinajstić information content (AvgIpc) is 3.07. The Hall–Kier alpha value is -2.30. The SMILES string of the molecule is NC(=O)c1cc(S(=O)(=O)N2CCCCC2)sc1NC(=O)c1cccc(F)c1. The van der Waals surface area contributed by atoms with Gasteiger partial charge in [0.15, 0.2) is 0 Å². The van der Waals surface area contributed by atoms with Gasteiger partial charge in [0.1, 0.15) is 15.0 Å². The number of amides is 2. The molecule has 1 aliphatic rings. The van der Waals surface area contributed by atoms with Crippen molar-refractivity contribution in [3.05, 3.63) is 47.3 Å². The number of sulfonamides is 1. The van der Waals surface area contributed by atoms with E-state index in [1.54, 1.807) is 0 Å². The molecule has 0 spiro atoms. The first-order valence-corrected chi connectivity index (χ1v) is 10.6. The summed E-state index contributed by atoms with van der Waals surface area (Å²) in [6.07, 6.45) is 2.52. The van der Waals surface area contributed by atoms with Crippen molar-refractivity contribution in [2.45, 2.75) is 23.5 Å². The molecule has 0 aliphatic carbocycles. The maximum atomic E-state index is 13.3. The van der Waals surface area contributed by atoms with Gasteiger partial charge in [0, 0.05) is 18.7 Å². The average molecular weight is 411 g/mol. The Morgan fingerprint density at radius 1 is 1.15 bits per heavy atom. The molecule has 1 fully saturated rings. The lowest BCUT2D eigenvalue weighted by Gasteiger charge is -2.25. The van der Waals surface area contributed by atoms with E-state index in [1.165, 1.54) is 28.6 Å². The molecule has 0 atom stereocenters. The summed E-state index contributed by atoms with van der Waals surface area (Å²) in [6.45, 7) is 0.828. The van der Waals surface area contributed by atoms with Crippen molar-refractivity contribution in [1.29, 1.82) is 0 Å². The van der Waals surface area contributed by atoms with Gasteiger partial charge in [-0.2, -0.15) is 4.31 Å². The third-order valence-corrected chi connectivity index (χ3v) is 7.60. The molecule has 1 aromatic carbocycles. The summed E-state index contributed by atoms with van der Waals surface area (Å²) in [5.41, 5.74) is 5.28. The number of piperidine rings is 1. The van der Waals surface area contributed by atoms with Crippen LogP contribution >= 0.6 is 11.3 Å². The van der Waals surface area contributed by atoms with Crippen molar-refractivity contribution < 1.29 is 22.4 Å². The Labute approximate surface area is 160 Å². The van der Waals surface area contributed by atoms with Crippen LogP contribution in [0.3, 0.4) is 0 Å². The molecule has 0 bridgehead atoms. The minimum atomic E-state index is -3.77. The second-order valence-corrected chi connectivity index (χ2v) is 9.32. The lowest BCUT2D eigenvalue weighted by Crippen LogP contribution is -2.35. The van der Waals surface area contributed by atoms with Crippen LogP contribution in [-0.2, 0) is 10.0 Å². The second kappa shape index (κ2) is 7.75. The highest BCUT2D eigenvalue weighted by Crippen LogP contribution is 2.34. The topological polar surface area (TPSA) is 110 Å². The number of nitrogens with zero attached hydrogens (tertiary/aromatic N) is 1. The lowest BCUT2D eigenvalue weighted by atomic mass is 10.2. The third-order valence-electron chi connectivity index (χ3n) is 4.20. The number of anilines is 1. The minimum absolute atomic E-state index is 0.0207. The van der Waals surface area contributed by atoms with Gasteiger partial charge in [-0.05, 0) is 37.1 Å². The highest BCUT2D eigenvalue weighted by molar-refractivity contribution is 7.91. The van der Waals surface area contributed by atoms with Crippen molar-refractivity contribution in [2.75, 3.05) is 18.4 Å². The number of nitrogens with two attached hydrogens (primary N) is 1. The zero-order valence-corrected chi connectivity index (χ0v) is 15.9. The van der Waals surface area contributed by atoms with Crippen LogP contribution in [-0.4, -0.2) is 37.6 Å². The number of hydrogen-bond acceptors (Lipinski definition) is 5. The molecular formula is C17H18FN3O4S2. The van der Waals surface area contributed by atoms with Crippen molar-refractivity contribution in [1.82, 2.24) is 4.31 Å². The molecule has 0 radical (unpaired) electrons. The molecule has 0 saturated carbocycles. The van der Waals surface area contributed by atoms with Gasteiger partial charge in [-0.3, -0.25) is 9.59 Å². The highest BCUT2D eigenvalue weighted by atomic mass is 32.2. The zero-order valence-electron chi connectivity index (χ0n) is 14.3. The quantitative estimate of drug-likeness (QED) is 0.787. The normalized spacial score (nSPS) is 15.4. The molecule has 27 heavy (non-hydrogen) atoms. The largest absolute Gasteiger partial charge is 0.366 e. The first-order valence-electron chi connectivity index (χ1n) is 8.30. The second-order valence-electron chi connectivity index (χ2n) is 6.10. The van der Waals surface area contributed by atoms with Crippen molar-refractivity contribution in [2.24, 2.45) is 5.73 Å². The van der Waals surface area contributed by atoms with E-state index in [0.29, 0.717) is 13.1 Å². The van der Waals surface area contributed by atoms with Crippen LogP contribution in [0.5, 0.6) is 0 Å². The Kier molecular flexibility index (Phi) is 5.59. The summed E-state index contributed by atoms with van der Waals surface area (Å²) in [5.74, 6) is -2.11. The number of rotatable bonds is 5. The summed E-state index contributed by atoms with van der Waals surface area (Å²) in [7, 11) is -3.77. The predicted octanol–water partition coefficient (Wildman–Crippen LogP) is 2.41. The van der Waals surface area contributed by atoms with Crippen LogP contribution in [0.25, 0.3) is 0 Å². The van der Waals surface area contributed by atoms with E-state index in [1.807, 2.05) is 0 Å². The number of carbonyl (C=O) groups is 2. The summed E-state index contributed by atoms with van der Waals surface area (Å²) >= 11 is 0.759. The summed E-state index contributed by atoms with van der Waals surface area (Å²) in [6, 6.07) is 6.19. The molecule has 7 nitrogen and oxygen atoms in total. The van der Waals surface area contributed by atoms with Crippen molar-refractivity contribution in [3.8, 4) is 0 Å². The summed E-state index contributed by atoms with van der Waals surface area (Å²) < 4.78 is 40.2. The van der Waals surface area contributed by atoms with E-state index in [0.717, 1.165) is 36.7 Å². The Morgan fingerprint density at radius 3 is 2.48 bits per heavy atom. The van der Waals surface area contributed by atoms with Crippen LogP contribution in [0.4, 0.5) is 9.39 Å². The smallest absolute Gasteiger partial charge is 0.256 e. The van der Waals surface area contributed by atoms with E-state index in [2.05, 4.69) is 5.32 Å². The molecule has 3 rings (SSSR count). The third kappa shape index (κ3) is 4.18. The fourth-order valence-electron chi connectivity index (χ4n) is 2.81. The van der Waals surface area contributed by atoms with E-state index < -0.39 is 27.7 Å². The van der Waals surface area contributed by atoms with E-state index in [4.69, 9.17) is 5.73 Å². The van der Waals surface area contributed by atoms with Crippen molar-refractivity contribution >= 4 is 38.2 Å². The monoisotopic (exact) mass is 411 g/mol. The first-order chi connectivity index (χ1) is 12.8. The lowest BCUT2D eigenvalue weighted by molar-refractivity contribution is 0.100. The molecule has 3 N–H and O–H groups in total. The molecule has 1 saturated heterocycles. The number of carbonyl (C=O) groups excluding carboxylic acids is 2. The zero-order chi connectivity index (χ0) is 19.6. The fraction of sp³-hybridized carbons (Fsp3) is 0.294. The number of benzene rings is 1. The van der Waals surface area contributed by atoms with E-state index >= 15 is 0 Å². The number of hydrogen-bond donors (Lipinski definition) is 2. The summed E-state index contributed by atoms with van der Waals surface area (Å²) in [5, 5.41) is 2.48. The van der Waals surface area contributed by atoms with Crippen LogP contribution < -0.4 is 11.1 Å². The number of nitrogens with one attached hydrogen (secondary N) is 1. The van der Waals surface area contributed by atoms with Gasteiger partial charge >= 0.3 is 0 Å². The van der Waals surface area contributed by atoms with Crippen LogP contribution in [0, 0.1) is 5.82 Å². The maximum Gasteiger partial charge on any atom is 0.256 e. The predicted molar refractivity (Wildman–Crippen MR) is 99.8 cm³/mol. The van der Waals surface area contributed by atoms with Gasteiger partial charge < -0.3 is 11.1 Å². The molecule has 0 unspecified atom stereocenters. The van der Waals surface area contributed by atoms with Gasteiger partial charge in [-0.15, -0.1) is 11.3 Å². The van der Waals surface area contributed by atoms with Gasteiger partial charge in [0.2, 0.25) is 0 Å². The molecule has 10 heteroatoms. The van der Waals surface area contributed by atoms with Gasteiger partial charge in [0.25, 0.3) is 21.8 Å². The molecule has 144 valence electrons. The van der Waals surface area contributed by atoms with Crippen LogP contribution in [0.2, 0.25) is 0 Å². The van der Waals surface area contributed by atoms with E-state index in [9.17, 15) is 22.4 Å².